The molecule has 2 N–H and O–H groups in total. The van der Waals surface area contributed by atoms with Crippen LogP contribution in [0.4, 0.5) is 0 Å². The molecular weight excluding hydrogens is 216 g/mol. The minimum absolute atomic E-state index is 0.120. The Morgan fingerprint density at radius 2 is 2.21 bits per heavy atom. The van der Waals surface area contributed by atoms with E-state index in [0.717, 1.165) is 10.9 Å². The third-order valence-electron chi connectivity index (χ3n) is 2.36. The number of likely N-dealkylation sites (N-methyl/N-ethyl adjacent to an activating group) is 1. The van der Waals surface area contributed by atoms with Crippen molar-refractivity contribution in [3.05, 3.63) is 21.3 Å². The maximum Gasteiger partial charge on any atom is 0.0931 e. The molecule has 1 rings (SSSR count). The fourth-order valence-electron chi connectivity index (χ4n) is 1.56. The first kappa shape index (κ1) is 12.0. The second kappa shape index (κ2) is 5.12. The largest absolute Gasteiger partial charge is 0.326 e. The topological polar surface area (TPSA) is 29.3 Å². The second-order valence-electron chi connectivity index (χ2n) is 3.52. The molecule has 0 radical (unpaired) electrons. The maximum atomic E-state index is 5.98. The summed E-state index contributed by atoms with van der Waals surface area (Å²) >= 11 is 7.53. The summed E-state index contributed by atoms with van der Waals surface area (Å²) in [4.78, 5) is 3.49. The highest BCUT2D eigenvalue weighted by molar-refractivity contribution is 7.16. The molecular formula is C10H17ClN2S. The van der Waals surface area contributed by atoms with E-state index in [9.17, 15) is 0 Å². The van der Waals surface area contributed by atoms with Crippen LogP contribution in [0.3, 0.4) is 0 Å². The molecule has 0 aliphatic carbocycles. The van der Waals surface area contributed by atoms with Crippen LogP contribution in [0, 0.1) is 0 Å². The van der Waals surface area contributed by atoms with Gasteiger partial charge in [0.05, 0.1) is 10.4 Å². The van der Waals surface area contributed by atoms with E-state index in [1.807, 2.05) is 13.0 Å². The van der Waals surface area contributed by atoms with E-state index in [1.54, 1.807) is 11.3 Å². The van der Waals surface area contributed by atoms with Crippen molar-refractivity contribution in [1.82, 2.24) is 4.90 Å². The van der Waals surface area contributed by atoms with Crippen molar-refractivity contribution >= 4 is 22.9 Å². The van der Waals surface area contributed by atoms with Gasteiger partial charge in [0.15, 0.2) is 0 Å². The fourth-order valence-corrected chi connectivity index (χ4v) is 2.90. The summed E-state index contributed by atoms with van der Waals surface area (Å²) in [6.07, 6.45) is 0. The highest BCUT2D eigenvalue weighted by atomic mass is 35.5. The van der Waals surface area contributed by atoms with Gasteiger partial charge in [-0.3, -0.25) is 4.90 Å². The van der Waals surface area contributed by atoms with Crippen LogP contribution in [0.1, 0.15) is 24.8 Å². The van der Waals surface area contributed by atoms with Gasteiger partial charge in [-0.25, -0.2) is 0 Å². The van der Waals surface area contributed by atoms with Gasteiger partial charge in [-0.1, -0.05) is 18.5 Å². The first-order valence-electron chi connectivity index (χ1n) is 4.77. The molecule has 0 bridgehead atoms. The van der Waals surface area contributed by atoms with E-state index in [-0.39, 0.29) is 12.1 Å². The molecule has 80 valence electrons. The Bertz CT molecular complexity index is 285. The predicted octanol–water partition coefficient (Wildman–Crippen LogP) is 2.74. The number of hydrogen-bond donors (Lipinski definition) is 1. The minimum Gasteiger partial charge on any atom is -0.326 e. The Balaban J connectivity index is 2.88. The average molecular weight is 233 g/mol. The quantitative estimate of drug-likeness (QED) is 0.865. The third kappa shape index (κ3) is 2.70. The molecule has 0 saturated carbocycles. The predicted molar refractivity (Wildman–Crippen MR) is 64.0 cm³/mol. The van der Waals surface area contributed by atoms with Gasteiger partial charge in [-0.05, 0) is 32.6 Å². The summed E-state index contributed by atoms with van der Waals surface area (Å²) in [5.41, 5.74) is 5.98. The molecule has 2 unspecified atom stereocenters. The number of rotatable bonds is 4. The molecule has 0 aromatic carbocycles. The van der Waals surface area contributed by atoms with Gasteiger partial charge in [0, 0.05) is 10.9 Å². The molecule has 2 atom stereocenters. The van der Waals surface area contributed by atoms with Crippen LogP contribution in [-0.4, -0.2) is 24.5 Å². The lowest BCUT2D eigenvalue weighted by atomic mass is 10.1. The van der Waals surface area contributed by atoms with Gasteiger partial charge in [0.25, 0.3) is 0 Å². The van der Waals surface area contributed by atoms with E-state index in [2.05, 4.69) is 24.9 Å². The zero-order valence-electron chi connectivity index (χ0n) is 8.83. The van der Waals surface area contributed by atoms with Crippen molar-refractivity contribution in [2.75, 3.05) is 13.6 Å². The Morgan fingerprint density at radius 3 is 2.57 bits per heavy atom. The van der Waals surface area contributed by atoms with Gasteiger partial charge in [0.2, 0.25) is 0 Å². The molecule has 1 heterocycles. The van der Waals surface area contributed by atoms with Gasteiger partial charge < -0.3 is 5.73 Å². The van der Waals surface area contributed by atoms with Crippen molar-refractivity contribution in [3.8, 4) is 0 Å². The lowest BCUT2D eigenvalue weighted by Crippen LogP contribution is -2.36. The SMILES string of the molecule is CCN(C)C(c1ccc(Cl)s1)C(C)N. The van der Waals surface area contributed by atoms with E-state index >= 15 is 0 Å². The number of hydrogen-bond acceptors (Lipinski definition) is 3. The molecule has 0 saturated heterocycles. The molecule has 1 aromatic heterocycles. The van der Waals surface area contributed by atoms with Crippen LogP contribution < -0.4 is 5.73 Å². The number of nitrogens with two attached hydrogens (primary N) is 1. The maximum absolute atomic E-state index is 5.98. The third-order valence-corrected chi connectivity index (χ3v) is 3.66. The van der Waals surface area contributed by atoms with Crippen molar-refractivity contribution in [1.29, 1.82) is 0 Å². The first-order chi connectivity index (χ1) is 6.56. The smallest absolute Gasteiger partial charge is 0.0931 e. The normalized spacial score (nSPS) is 15.9. The van der Waals surface area contributed by atoms with Crippen LogP contribution in [0.25, 0.3) is 0 Å². The minimum atomic E-state index is 0.120. The lowest BCUT2D eigenvalue weighted by Gasteiger charge is -2.29. The van der Waals surface area contributed by atoms with Crippen LogP contribution in [-0.2, 0) is 0 Å². The molecule has 2 nitrogen and oxygen atoms in total. The fraction of sp³-hybridized carbons (Fsp3) is 0.600. The summed E-state index contributed by atoms with van der Waals surface area (Å²) in [6.45, 7) is 5.15. The number of halogens is 1. The Hall–Kier alpha value is -0.0900. The van der Waals surface area contributed by atoms with Crippen LogP contribution in [0.2, 0.25) is 4.34 Å². The standard InChI is InChI=1S/C10H17ClN2S/c1-4-13(3)10(7(2)12)8-5-6-9(11)14-8/h5-7,10H,4,12H2,1-3H3. The van der Waals surface area contributed by atoms with Gasteiger partial charge in [-0.15, -0.1) is 11.3 Å². The molecule has 1 aromatic rings. The van der Waals surface area contributed by atoms with E-state index < -0.39 is 0 Å². The van der Waals surface area contributed by atoms with E-state index in [4.69, 9.17) is 17.3 Å². The molecule has 0 amide bonds. The average Bonchev–Trinajstić information content (AvgIpc) is 2.51. The van der Waals surface area contributed by atoms with Gasteiger partial charge >= 0.3 is 0 Å². The summed E-state index contributed by atoms with van der Waals surface area (Å²) in [7, 11) is 2.08. The van der Waals surface area contributed by atoms with Crippen LogP contribution in [0.15, 0.2) is 12.1 Å². The molecule has 14 heavy (non-hydrogen) atoms. The lowest BCUT2D eigenvalue weighted by molar-refractivity contribution is 0.233. The highest BCUT2D eigenvalue weighted by Crippen LogP contribution is 2.31. The van der Waals surface area contributed by atoms with Gasteiger partial charge in [-0.2, -0.15) is 0 Å². The second-order valence-corrected chi connectivity index (χ2v) is 5.27. The molecule has 0 fully saturated rings. The molecule has 4 heteroatoms. The Morgan fingerprint density at radius 1 is 1.57 bits per heavy atom. The van der Waals surface area contributed by atoms with E-state index in [0.29, 0.717) is 0 Å². The van der Waals surface area contributed by atoms with Crippen molar-refractivity contribution in [3.63, 3.8) is 0 Å². The Kier molecular flexibility index (Phi) is 4.38. The Labute approximate surface area is 94.7 Å². The monoisotopic (exact) mass is 232 g/mol. The molecule has 0 spiro atoms. The first-order valence-corrected chi connectivity index (χ1v) is 5.96. The van der Waals surface area contributed by atoms with Crippen LogP contribution >= 0.6 is 22.9 Å². The number of nitrogens with zero attached hydrogens (tertiary/aromatic N) is 1. The van der Waals surface area contributed by atoms with Crippen LogP contribution in [0.5, 0.6) is 0 Å². The number of thiophene rings is 1. The summed E-state index contributed by atoms with van der Waals surface area (Å²) in [5.74, 6) is 0. The zero-order valence-corrected chi connectivity index (χ0v) is 10.4. The van der Waals surface area contributed by atoms with Gasteiger partial charge in [0.1, 0.15) is 0 Å². The van der Waals surface area contributed by atoms with Crippen molar-refractivity contribution in [2.45, 2.75) is 25.9 Å². The van der Waals surface area contributed by atoms with Crippen molar-refractivity contribution < 1.29 is 0 Å². The van der Waals surface area contributed by atoms with E-state index in [1.165, 1.54) is 4.88 Å². The highest BCUT2D eigenvalue weighted by Gasteiger charge is 2.21. The van der Waals surface area contributed by atoms with Crippen molar-refractivity contribution in [2.24, 2.45) is 5.73 Å². The summed E-state index contributed by atoms with van der Waals surface area (Å²) in [5, 5.41) is 0. The summed E-state index contributed by atoms with van der Waals surface area (Å²) < 4.78 is 0.829. The zero-order chi connectivity index (χ0) is 10.7. The molecule has 0 aliphatic rings. The summed E-state index contributed by atoms with van der Waals surface area (Å²) in [6, 6.07) is 4.39. The molecule has 0 aliphatic heterocycles.